The highest BCUT2D eigenvalue weighted by atomic mass is 15.1. The van der Waals surface area contributed by atoms with E-state index in [2.05, 4.69) is 252 Å². The average Bonchev–Trinajstić information content (AvgIpc) is 3.92. The zero-order valence-electron chi connectivity index (χ0n) is 43.7. The lowest BCUT2D eigenvalue weighted by Gasteiger charge is -2.26. The monoisotopic (exact) mass is 1020 g/mol. The molecule has 0 aliphatic rings. The van der Waals surface area contributed by atoms with E-state index in [1.165, 1.54) is 0 Å². The molecule has 80 heavy (non-hydrogen) atoms. The zero-order valence-corrected chi connectivity index (χ0v) is 43.7. The highest BCUT2D eigenvalue weighted by Crippen LogP contribution is 2.46. The Morgan fingerprint density at radius 1 is 0.287 bits per heavy atom. The number of pyridine rings is 4. The van der Waals surface area contributed by atoms with Crippen molar-refractivity contribution in [2.75, 3.05) is 9.80 Å². The number of rotatable bonds is 10. The van der Waals surface area contributed by atoms with Crippen LogP contribution in [-0.4, -0.2) is 24.5 Å². The minimum atomic E-state index is 0.883. The summed E-state index contributed by atoms with van der Waals surface area (Å²) in [5, 5.41) is 6.49. The van der Waals surface area contributed by atoms with Crippen LogP contribution in [0.25, 0.3) is 104 Å². The maximum Gasteiger partial charge on any atom is 0.0970 e. The first-order chi connectivity index (χ1) is 39.6. The fourth-order valence-electron chi connectivity index (χ4n) is 12.0. The second-order valence-electron chi connectivity index (χ2n) is 20.3. The van der Waals surface area contributed by atoms with E-state index < -0.39 is 0 Å². The standard InChI is InChI=1S/C73H49N7/c1-48-62(64-42-50-18-14-38-74-70(50)72-60(64)28-16-40-76-72)44-52(45-63(48)65-43-51-19-15-39-75-71(51)73-61(65)29-17-41-77-73)49-30-32-57(33-31-49)80-68-36-34-58(78(53-20-6-2-7-21-53)54-22-8-3-9-23-54)46-66(68)67-47-59(35-37-69(67)80)79(55-24-10-4-11-25-55)56-26-12-5-13-27-56/h2-47H,1H3. The molecule has 0 unspecified atom stereocenters. The first-order valence-electron chi connectivity index (χ1n) is 27.0. The molecule has 15 aromatic rings. The molecule has 0 spiro atoms. The van der Waals surface area contributed by atoms with Crippen molar-refractivity contribution < 1.29 is 0 Å². The third-order valence-electron chi connectivity index (χ3n) is 15.7. The van der Waals surface area contributed by atoms with E-state index in [-0.39, 0.29) is 0 Å². The van der Waals surface area contributed by atoms with Crippen molar-refractivity contribution >= 4 is 99.5 Å². The summed E-state index contributed by atoms with van der Waals surface area (Å²) in [5.41, 5.74) is 21.1. The molecule has 376 valence electrons. The highest BCUT2D eigenvalue weighted by molar-refractivity contribution is 6.15. The van der Waals surface area contributed by atoms with E-state index >= 15 is 0 Å². The SMILES string of the molecule is Cc1c(-c2cc3cccnc3c3ncccc23)cc(-c2ccc(-n3c4ccc(N(c5ccccc5)c5ccccc5)cc4c4cc(N(c5ccccc5)c5ccccc5)ccc43)cc2)cc1-c1cc2cccnc2c2ncccc12. The summed E-state index contributed by atoms with van der Waals surface area (Å²) in [6.07, 6.45) is 7.43. The van der Waals surface area contributed by atoms with Gasteiger partial charge in [0.2, 0.25) is 0 Å². The van der Waals surface area contributed by atoms with Crippen molar-refractivity contribution in [1.29, 1.82) is 0 Å². The van der Waals surface area contributed by atoms with Gasteiger partial charge in [0.25, 0.3) is 0 Å². The minimum absolute atomic E-state index is 0.883. The van der Waals surface area contributed by atoms with Gasteiger partial charge >= 0.3 is 0 Å². The molecule has 0 saturated carbocycles. The molecule has 7 heteroatoms. The lowest BCUT2D eigenvalue weighted by Crippen LogP contribution is -2.09. The Bertz CT molecular complexity index is 4470. The number of nitrogens with zero attached hydrogens (tertiary/aromatic N) is 7. The van der Waals surface area contributed by atoms with Gasteiger partial charge in [0.05, 0.1) is 33.1 Å². The van der Waals surface area contributed by atoms with Gasteiger partial charge in [0.15, 0.2) is 0 Å². The molecule has 5 aromatic heterocycles. The van der Waals surface area contributed by atoms with E-state index in [1.807, 2.05) is 49.1 Å². The molecule has 0 amide bonds. The minimum Gasteiger partial charge on any atom is -0.310 e. The van der Waals surface area contributed by atoms with Crippen LogP contribution in [0.5, 0.6) is 0 Å². The number of hydrogen-bond acceptors (Lipinski definition) is 6. The summed E-state index contributed by atoms with van der Waals surface area (Å²) < 4.78 is 2.42. The Labute approximate surface area is 462 Å². The molecule has 0 bridgehead atoms. The van der Waals surface area contributed by atoms with Crippen LogP contribution in [-0.2, 0) is 0 Å². The summed E-state index contributed by atoms with van der Waals surface area (Å²) in [7, 11) is 0. The van der Waals surface area contributed by atoms with Crippen molar-refractivity contribution in [2.24, 2.45) is 0 Å². The fraction of sp³-hybridized carbons (Fsp3) is 0.0137. The third kappa shape index (κ3) is 7.90. The van der Waals surface area contributed by atoms with E-state index in [9.17, 15) is 0 Å². The number of aromatic nitrogens is 5. The van der Waals surface area contributed by atoms with Gasteiger partial charge in [-0.05, 0) is 191 Å². The maximum atomic E-state index is 4.94. The largest absolute Gasteiger partial charge is 0.310 e. The van der Waals surface area contributed by atoms with Gasteiger partial charge in [-0.3, -0.25) is 19.9 Å². The Morgan fingerprint density at radius 3 is 1.09 bits per heavy atom. The Morgan fingerprint density at radius 2 is 0.675 bits per heavy atom. The summed E-state index contributed by atoms with van der Waals surface area (Å²) in [4.78, 5) is 24.2. The Balaban J connectivity index is 0.935. The van der Waals surface area contributed by atoms with Crippen LogP contribution < -0.4 is 9.80 Å². The molecular weight excluding hydrogens is 975 g/mol. The lowest BCUT2D eigenvalue weighted by atomic mass is 9.85. The van der Waals surface area contributed by atoms with Crippen molar-refractivity contribution in [3.63, 3.8) is 0 Å². The third-order valence-corrected chi connectivity index (χ3v) is 15.7. The van der Waals surface area contributed by atoms with Crippen LogP contribution in [0.3, 0.4) is 0 Å². The van der Waals surface area contributed by atoms with Crippen LogP contribution >= 0.6 is 0 Å². The van der Waals surface area contributed by atoms with E-state index in [4.69, 9.17) is 19.9 Å². The molecule has 0 atom stereocenters. The van der Waals surface area contributed by atoms with Gasteiger partial charge in [-0.2, -0.15) is 0 Å². The predicted molar refractivity (Wildman–Crippen MR) is 332 cm³/mol. The second-order valence-corrected chi connectivity index (χ2v) is 20.3. The zero-order chi connectivity index (χ0) is 53.1. The van der Waals surface area contributed by atoms with Crippen molar-refractivity contribution in [1.82, 2.24) is 24.5 Å². The Kier molecular flexibility index (Phi) is 11.3. The quantitative estimate of drug-likeness (QED) is 0.127. The van der Waals surface area contributed by atoms with E-state index in [0.717, 1.165) is 144 Å². The number of hydrogen-bond donors (Lipinski definition) is 0. The van der Waals surface area contributed by atoms with Crippen molar-refractivity contribution in [3.8, 4) is 39.1 Å². The van der Waals surface area contributed by atoms with Gasteiger partial charge < -0.3 is 14.4 Å². The average molecular weight is 1020 g/mol. The molecule has 0 fully saturated rings. The Hall–Kier alpha value is -10.8. The van der Waals surface area contributed by atoms with Crippen LogP contribution in [0.2, 0.25) is 0 Å². The first kappa shape index (κ1) is 46.5. The highest BCUT2D eigenvalue weighted by Gasteiger charge is 2.23. The summed E-state index contributed by atoms with van der Waals surface area (Å²) in [6, 6.07) is 91.4. The fourth-order valence-corrected chi connectivity index (χ4v) is 12.0. The smallest absolute Gasteiger partial charge is 0.0970 e. The molecule has 0 aliphatic heterocycles. The molecule has 0 N–H and O–H groups in total. The van der Waals surface area contributed by atoms with Crippen LogP contribution in [0.4, 0.5) is 34.1 Å². The molecule has 0 saturated heterocycles. The first-order valence-corrected chi connectivity index (χ1v) is 27.0. The normalized spacial score (nSPS) is 11.6. The van der Waals surface area contributed by atoms with Crippen LogP contribution in [0.1, 0.15) is 5.56 Å². The topological polar surface area (TPSA) is 63.0 Å². The van der Waals surface area contributed by atoms with Gasteiger partial charge in [-0.1, -0.05) is 109 Å². The summed E-state index contributed by atoms with van der Waals surface area (Å²) in [5.74, 6) is 0. The molecule has 10 aromatic carbocycles. The van der Waals surface area contributed by atoms with Crippen LogP contribution in [0.15, 0.2) is 280 Å². The van der Waals surface area contributed by atoms with E-state index in [0.29, 0.717) is 0 Å². The van der Waals surface area contributed by atoms with Crippen molar-refractivity contribution in [3.05, 3.63) is 285 Å². The number of benzene rings is 10. The molecule has 15 rings (SSSR count). The maximum absolute atomic E-state index is 4.94. The molecule has 0 radical (unpaired) electrons. The van der Waals surface area contributed by atoms with E-state index in [1.54, 1.807) is 0 Å². The van der Waals surface area contributed by atoms with Gasteiger partial charge in [-0.25, -0.2) is 0 Å². The van der Waals surface area contributed by atoms with Gasteiger partial charge in [-0.15, -0.1) is 0 Å². The number of anilines is 6. The van der Waals surface area contributed by atoms with Crippen molar-refractivity contribution in [2.45, 2.75) is 6.92 Å². The molecule has 7 nitrogen and oxygen atoms in total. The van der Waals surface area contributed by atoms with Crippen LogP contribution in [0, 0.1) is 6.92 Å². The number of para-hydroxylation sites is 4. The molecular formula is C73H49N7. The predicted octanol–water partition coefficient (Wildman–Crippen LogP) is 19.2. The summed E-state index contributed by atoms with van der Waals surface area (Å²) in [6.45, 7) is 2.25. The second kappa shape index (κ2) is 19.4. The number of fused-ring (bicyclic) bond motifs is 9. The molecule has 5 heterocycles. The summed E-state index contributed by atoms with van der Waals surface area (Å²) >= 11 is 0. The lowest BCUT2D eigenvalue weighted by molar-refractivity contribution is 1.18. The van der Waals surface area contributed by atoms with Gasteiger partial charge in [0.1, 0.15) is 0 Å². The molecule has 0 aliphatic carbocycles. The van der Waals surface area contributed by atoms with Gasteiger partial charge in [0, 0.05) is 96.9 Å².